The van der Waals surface area contributed by atoms with Crippen LogP contribution in [0.4, 0.5) is 4.39 Å². The molecule has 0 aromatic heterocycles. The zero-order valence-corrected chi connectivity index (χ0v) is 13.0. The molecule has 1 heterocycles. The fourth-order valence-corrected chi connectivity index (χ4v) is 2.65. The first-order valence-corrected chi connectivity index (χ1v) is 7.48. The van der Waals surface area contributed by atoms with Crippen molar-refractivity contribution in [1.29, 1.82) is 0 Å². The van der Waals surface area contributed by atoms with Gasteiger partial charge in [-0.05, 0) is 25.1 Å². The molecular formula is C18H15FN2O3. The second kappa shape index (κ2) is 6.23. The molecule has 0 radical (unpaired) electrons. The van der Waals surface area contributed by atoms with Gasteiger partial charge >= 0.3 is 0 Å². The molecule has 0 spiro atoms. The molecule has 1 aliphatic rings. The summed E-state index contributed by atoms with van der Waals surface area (Å²) in [6.07, 6.45) is 0. The molecular weight excluding hydrogens is 311 g/mol. The van der Waals surface area contributed by atoms with Gasteiger partial charge < -0.3 is 5.32 Å². The Morgan fingerprint density at radius 3 is 2.17 bits per heavy atom. The maximum atomic E-state index is 13.6. The van der Waals surface area contributed by atoms with Gasteiger partial charge in [0.05, 0.1) is 11.1 Å². The Kier molecular flexibility index (Phi) is 4.12. The van der Waals surface area contributed by atoms with Crippen molar-refractivity contribution in [2.24, 2.45) is 0 Å². The molecule has 2 aromatic carbocycles. The van der Waals surface area contributed by atoms with Crippen LogP contribution in [-0.2, 0) is 11.3 Å². The highest BCUT2D eigenvalue weighted by molar-refractivity contribution is 6.22. The van der Waals surface area contributed by atoms with Gasteiger partial charge in [-0.1, -0.05) is 30.3 Å². The zero-order valence-electron chi connectivity index (χ0n) is 13.0. The number of amides is 3. The van der Waals surface area contributed by atoms with E-state index in [0.29, 0.717) is 5.56 Å². The summed E-state index contributed by atoms with van der Waals surface area (Å²) in [5.74, 6) is -1.94. The Labute approximate surface area is 138 Å². The molecule has 1 aliphatic heterocycles. The highest BCUT2D eigenvalue weighted by atomic mass is 19.1. The molecule has 0 aliphatic carbocycles. The third-order valence-corrected chi connectivity index (χ3v) is 4.00. The summed E-state index contributed by atoms with van der Waals surface area (Å²) in [5, 5.41) is 2.56. The third-order valence-electron chi connectivity index (χ3n) is 4.00. The van der Waals surface area contributed by atoms with E-state index in [-0.39, 0.29) is 17.7 Å². The second-order valence-electron chi connectivity index (χ2n) is 5.51. The Morgan fingerprint density at radius 2 is 1.58 bits per heavy atom. The van der Waals surface area contributed by atoms with Gasteiger partial charge in [0.15, 0.2) is 0 Å². The molecule has 1 unspecified atom stereocenters. The molecule has 5 nitrogen and oxygen atoms in total. The van der Waals surface area contributed by atoms with Crippen molar-refractivity contribution in [3.8, 4) is 0 Å². The second-order valence-corrected chi connectivity index (χ2v) is 5.51. The van der Waals surface area contributed by atoms with Crippen LogP contribution in [0.1, 0.15) is 33.2 Å². The lowest BCUT2D eigenvalue weighted by atomic mass is 10.1. The van der Waals surface area contributed by atoms with E-state index in [2.05, 4.69) is 5.32 Å². The molecule has 0 bridgehead atoms. The van der Waals surface area contributed by atoms with Crippen LogP contribution in [0.15, 0.2) is 48.5 Å². The van der Waals surface area contributed by atoms with Crippen LogP contribution in [0.2, 0.25) is 0 Å². The van der Waals surface area contributed by atoms with Gasteiger partial charge in [0.25, 0.3) is 11.8 Å². The van der Waals surface area contributed by atoms with Gasteiger partial charge in [0.2, 0.25) is 5.91 Å². The molecule has 24 heavy (non-hydrogen) atoms. The van der Waals surface area contributed by atoms with E-state index in [0.717, 1.165) is 4.90 Å². The van der Waals surface area contributed by atoms with E-state index in [1.807, 2.05) is 0 Å². The highest BCUT2D eigenvalue weighted by Gasteiger charge is 2.40. The summed E-state index contributed by atoms with van der Waals surface area (Å²) in [6.45, 7) is 1.46. The van der Waals surface area contributed by atoms with Crippen LogP contribution in [0.3, 0.4) is 0 Å². The normalized spacial score (nSPS) is 14.5. The lowest BCUT2D eigenvalue weighted by Gasteiger charge is -2.21. The largest absolute Gasteiger partial charge is 0.350 e. The molecule has 0 fully saturated rings. The summed E-state index contributed by atoms with van der Waals surface area (Å²) < 4.78 is 13.6. The monoisotopic (exact) mass is 326 g/mol. The van der Waals surface area contributed by atoms with Crippen molar-refractivity contribution >= 4 is 17.7 Å². The fraction of sp³-hybridized carbons (Fsp3) is 0.167. The highest BCUT2D eigenvalue weighted by Crippen LogP contribution is 2.24. The number of imide groups is 1. The standard InChI is InChI=1S/C18H15FN2O3/c1-11(16(22)20-10-12-6-2-5-9-15(12)19)21-17(23)13-7-3-4-8-14(13)18(21)24/h2-9,11H,10H2,1H3,(H,20,22). The van der Waals surface area contributed by atoms with E-state index < -0.39 is 29.6 Å². The maximum Gasteiger partial charge on any atom is 0.262 e. The Bertz CT molecular complexity index is 800. The number of carbonyl (C=O) groups is 3. The van der Waals surface area contributed by atoms with Gasteiger partial charge in [-0.3, -0.25) is 19.3 Å². The van der Waals surface area contributed by atoms with E-state index in [1.165, 1.54) is 13.0 Å². The minimum Gasteiger partial charge on any atom is -0.350 e. The van der Waals surface area contributed by atoms with Crippen molar-refractivity contribution in [2.45, 2.75) is 19.5 Å². The molecule has 1 N–H and O–H groups in total. The summed E-state index contributed by atoms with van der Waals surface area (Å²) in [4.78, 5) is 37.9. The zero-order chi connectivity index (χ0) is 17.3. The number of halogens is 1. The molecule has 6 heteroatoms. The first-order valence-electron chi connectivity index (χ1n) is 7.48. The van der Waals surface area contributed by atoms with Gasteiger partial charge in [-0.15, -0.1) is 0 Å². The van der Waals surface area contributed by atoms with Gasteiger partial charge in [-0.2, -0.15) is 0 Å². The van der Waals surface area contributed by atoms with Crippen molar-refractivity contribution in [1.82, 2.24) is 10.2 Å². The van der Waals surface area contributed by atoms with Gasteiger partial charge in [0.1, 0.15) is 11.9 Å². The maximum absolute atomic E-state index is 13.6. The first-order chi connectivity index (χ1) is 11.5. The number of rotatable bonds is 4. The van der Waals surface area contributed by atoms with E-state index in [9.17, 15) is 18.8 Å². The minimum atomic E-state index is -0.982. The number of fused-ring (bicyclic) bond motifs is 1. The van der Waals surface area contributed by atoms with Crippen LogP contribution in [-0.4, -0.2) is 28.7 Å². The van der Waals surface area contributed by atoms with E-state index in [1.54, 1.807) is 42.5 Å². The van der Waals surface area contributed by atoms with Crippen molar-refractivity contribution in [2.75, 3.05) is 0 Å². The lowest BCUT2D eigenvalue weighted by Crippen LogP contribution is -2.47. The summed E-state index contributed by atoms with van der Waals surface area (Å²) in [5.41, 5.74) is 0.910. The predicted octanol–water partition coefficient (Wildman–Crippen LogP) is 2.13. The number of nitrogens with zero attached hydrogens (tertiary/aromatic N) is 1. The number of hydrogen-bond donors (Lipinski definition) is 1. The Hall–Kier alpha value is -3.02. The van der Waals surface area contributed by atoms with Crippen molar-refractivity contribution in [3.05, 3.63) is 71.0 Å². The quantitative estimate of drug-likeness (QED) is 0.875. The smallest absolute Gasteiger partial charge is 0.262 e. The number of nitrogens with one attached hydrogen (secondary N) is 1. The van der Waals surface area contributed by atoms with Crippen LogP contribution in [0.25, 0.3) is 0 Å². The first kappa shape index (κ1) is 15.9. The van der Waals surface area contributed by atoms with Gasteiger partial charge in [0, 0.05) is 12.1 Å². The molecule has 0 saturated heterocycles. The summed E-state index contributed by atoms with van der Waals surface area (Å²) in [6, 6.07) is 11.5. The molecule has 1 atom stereocenters. The minimum absolute atomic E-state index is 0.0149. The van der Waals surface area contributed by atoms with Crippen molar-refractivity contribution in [3.63, 3.8) is 0 Å². The number of carbonyl (C=O) groups excluding carboxylic acids is 3. The van der Waals surface area contributed by atoms with E-state index >= 15 is 0 Å². The summed E-state index contributed by atoms with van der Waals surface area (Å²) in [7, 11) is 0. The van der Waals surface area contributed by atoms with Crippen LogP contribution in [0, 0.1) is 5.82 Å². The SMILES string of the molecule is CC(C(=O)NCc1ccccc1F)N1C(=O)c2ccccc2C1=O. The average molecular weight is 326 g/mol. The van der Waals surface area contributed by atoms with Gasteiger partial charge in [-0.25, -0.2) is 4.39 Å². The predicted molar refractivity (Wildman–Crippen MR) is 84.7 cm³/mol. The molecule has 2 aromatic rings. The molecule has 3 amide bonds. The molecule has 0 saturated carbocycles. The van der Waals surface area contributed by atoms with Crippen LogP contribution < -0.4 is 5.32 Å². The van der Waals surface area contributed by atoms with E-state index in [4.69, 9.17) is 0 Å². The number of benzene rings is 2. The third kappa shape index (κ3) is 2.67. The Balaban J connectivity index is 1.72. The molecule has 3 rings (SSSR count). The van der Waals surface area contributed by atoms with Crippen LogP contribution in [0.5, 0.6) is 0 Å². The Morgan fingerprint density at radius 1 is 1.04 bits per heavy atom. The lowest BCUT2D eigenvalue weighted by molar-refractivity contribution is -0.124. The average Bonchev–Trinajstić information content (AvgIpc) is 2.85. The van der Waals surface area contributed by atoms with Crippen LogP contribution >= 0.6 is 0 Å². The molecule has 122 valence electrons. The summed E-state index contributed by atoms with van der Waals surface area (Å²) >= 11 is 0. The topological polar surface area (TPSA) is 66.5 Å². The number of hydrogen-bond acceptors (Lipinski definition) is 3. The van der Waals surface area contributed by atoms with Crippen molar-refractivity contribution < 1.29 is 18.8 Å². The fourth-order valence-electron chi connectivity index (χ4n) is 2.65.